The van der Waals surface area contributed by atoms with Crippen molar-refractivity contribution < 1.29 is 4.42 Å². The molecule has 0 amide bonds. The lowest BCUT2D eigenvalue weighted by Crippen LogP contribution is -1.84. The van der Waals surface area contributed by atoms with Gasteiger partial charge in [-0.25, -0.2) is 0 Å². The lowest BCUT2D eigenvalue weighted by molar-refractivity contribution is 0.669. The Morgan fingerprint density at radius 2 is 1.44 bits per heavy atom. The second kappa shape index (κ2) is 5.48. The summed E-state index contributed by atoms with van der Waals surface area (Å²) in [7, 11) is 0. The van der Waals surface area contributed by atoms with E-state index >= 15 is 0 Å². The highest BCUT2D eigenvalue weighted by atomic mass is 79.9. The lowest BCUT2D eigenvalue weighted by Gasteiger charge is -2.08. The molecule has 0 bridgehead atoms. The van der Waals surface area contributed by atoms with Gasteiger partial charge in [-0.2, -0.15) is 0 Å². The minimum absolute atomic E-state index is 0.905. The standard InChI is InChI=1S/C24H14BrNO/c25-18-12-13-21-23(16-7-2-4-11-20(16)27-21)22(18)17-9-5-8-15-14-6-1-3-10-19(14)26-24(15)17/h1-13,26H. The van der Waals surface area contributed by atoms with Crippen LogP contribution in [-0.4, -0.2) is 4.98 Å². The van der Waals surface area contributed by atoms with Crippen molar-refractivity contribution in [1.82, 2.24) is 4.98 Å². The van der Waals surface area contributed by atoms with Gasteiger partial charge in [-0.15, -0.1) is 0 Å². The molecule has 0 aliphatic heterocycles. The molecule has 3 heteroatoms. The van der Waals surface area contributed by atoms with Gasteiger partial charge >= 0.3 is 0 Å². The average molecular weight is 412 g/mol. The van der Waals surface area contributed by atoms with Crippen molar-refractivity contribution >= 4 is 59.7 Å². The van der Waals surface area contributed by atoms with E-state index in [1.54, 1.807) is 0 Å². The topological polar surface area (TPSA) is 28.9 Å². The number of furan rings is 1. The first-order chi connectivity index (χ1) is 13.3. The van der Waals surface area contributed by atoms with Crippen LogP contribution < -0.4 is 0 Å². The third-order valence-electron chi connectivity index (χ3n) is 5.30. The van der Waals surface area contributed by atoms with Crippen molar-refractivity contribution in [3.05, 3.63) is 83.3 Å². The maximum Gasteiger partial charge on any atom is 0.136 e. The van der Waals surface area contributed by atoms with E-state index in [4.69, 9.17) is 4.42 Å². The first-order valence-electron chi connectivity index (χ1n) is 8.91. The fraction of sp³-hybridized carbons (Fsp3) is 0. The van der Waals surface area contributed by atoms with E-state index in [0.29, 0.717) is 0 Å². The van der Waals surface area contributed by atoms with Crippen molar-refractivity contribution in [2.75, 3.05) is 0 Å². The molecule has 0 saturated heterocycles. The first kappa shape index (κ1) is 15.1. The predicted molar refractivity (Wildman–Crippen MR) is 116 cm³/mol. The number of fused-ring (bicyclic) bond motifs is 6. The molecule has 128 valence electrons. The van der Waals surface area contributed by atoms with E-state index in [1.165, 1.54) is 16.3 Å². The Balaban J connectivity index is 1.82. The van der Waals surface area contributed by atoms with E-state index in [9.17, 15) is 0 Å². The largest absolute Gasteiger partial charge is 0.456 e. The fourth-order valence-corrected chi connectivity index (χ4v) is 4.68. The number of halogens is 1. The number of nitrogens with one attached hydrogen (secondary N) is 1. The lowest BCUT2D eigenvalue weighted by atomic mass is 9.97. The molecule has 0 spiro atoms. The van der Waals surface area contributed by atoms with Crippen LogP contribution in [0.1, 0.15) is 0 Å². The first-order valence-corrected chi connectivity index (χ1v) is 9.70. The van der Waals surface area contributed by atoms with Gasteiger partial charge in [0.15, 0.2) is 0 Å². The van der Waals surface area contributed by atoms with E-state index in [2.05, 4.69) is 81.6 Å². The number of aromatic amines is 1. The Bertz CT molecular complexity index is 1490. The number of hydrogen-bond donors (Lipinski definition) is 1. The van der Waals surface area contributed by atoms with E-state index in [-0.39, 0.29) is 0 Å². The summed E-state index contributed by atoms with van der Waals surface area (Å²) >= 11 is 3.80. The minimum Gasteiger partial charge on any atom is -0.456 e. The maximum absolute atomic E-state index is 6.11. The summed E-state index contributed by atoms with van der Waals surface area (Å²) in [6.45, 7) is 0. The number of hydrogen-bond acceptors (Lipinski definition) is 1. The van der Waals surface area contributed by atoms with E-state index in [0.717, 1.165) is 43.0 Å². The number of aromatic nitrogens is 1. The summed E-state index contributed by atoms with van der Waals surface area (Å²) in [5.41, 5.74) is 6.46. The zero-order valence-electron chi connectivity index (χ0n) is 14.3. The van der Waals surface area contributed by atoms with Crippen LogP contribution in [0.25, 0.3) is 54.9 Å². The summed E-state index contributed by atoms with van der Waals surface area (Å²) < 4.78 is 7.17. The molecular weight excluding hydrogens is 398 g/mol. The van der Waals surface area contributed by atoms with E-state index in [1.807, 2.05) is 18.2 Å². The Labute approximate surface area is 163 Å². The molecule has 6 aromatic rings. The summed E-state index contributed by atoms with van der Waals surface area (Å²) in [5.74, 6) is 0. The Morgan fingerprint density at radius 1 is 0.667 bits per heavy atom. The van der Waals surface area contributed by atoms with Gasteiger partial charge in [0.25, 0.3) is 0 Å². The zero-order chi connectivity index (χ0) is 18.0. The van der Waals surface area contributed by atoms with Crippen LogP contribution in [0.5, 0.6) is 0 Å². The molecule has 0 aliphatic rings. The molecule has 0 aliphatic carbocycles. The smallest absolute Gasteiger partial charge is 0.136 e. The van der Waals surface area contributed by atoms with Crippen molar-refractivity contribution in [1.29, 1.82) is 0 Å². The molecule has 6 rings (SSSR count). The maximum atomic E-state index is 6.11. The van der Waals surface area contributed by atoms with Crippen LogP contribution in [0.2, 0.25) is 0 Å². The molecule has 2 nitrogen and oxygen atoms in total. The van der Waals surface area contributed by atoms with Gasteiger partial charge in [0, 0.05) is 42.7 Å². The summed E-state index contributed by atoms with van der Waals surface area (Å²) in [5, 5.41) is 4.76. The Morgan fingerprint density at radius 3 is 2.37 bits per heavy atom. The number of benzene rings is 4. The molecule has 2 heterocycles. The zero-order valence-corrected chi connectivity index (χ0v) is 15.9. The highest BCUT2D eigenvalue weighted by molar-refractivity contribution is 9.10. The van der Waals surface area contributed by atoms with Crippen molar-refractivity contribution in [3.63, 3.8) is 0 Å². The second-order valence-electron chi connectivity index (χ2n) is 6.79. The molecular formula is C24H14BrNO. The SMILES string of the molecule is Brc1ccc2oc3ccccc3c2c1-c1cccc2c1[nH]c1ccccc12. The third-order valence-corrected chi connectivity index (χ3v) is 5.96. The minimum atomic E-state index is 0.905. The van der Waals surface area contributed by atoms with Crippen LogP contribution in [0, 0.1) is 0 Å². The quantitative estimate of drug-likeness (QED) is 0.295. The van der Waals surface area contributed by atoms with Crippen molar-refractivity contribution in [2.45, 2.75) is 0 Å². The van der Waals surface area contributed by atoms with Gasteiger partial charge in [-0.3, -0.25) is 0 Å². The monoisotopic (exact) mass is 411 g/mol. The van der Waals surface area contributed by atoms with Crippen LogP contribution in [0.3, 0.4) is 0 Å². The Kier molecular flexibility index (Phi) is 3.06. The third kappa shape index (κ3) is 2.06. The molecule has 2 aromatic heterocycles. The normalized spacial score (nSPS) is 11.9. The molecule has 0 radical (unpaired) electrons. The molecule has 0 atom stereocenters. The molecule has 27 heavy (non-hydrogen) atoms. The highest BCUT2D eigenvalue weighted by Gasteiger charge is 2.18. The van der Waals surface area contributed by atoms with Gasteiger partial charge in [0.05, 0.1) is 5.52 Å². The highest BCUT2D eigenvalue weighted by Crippen LogP contribution is 2.43. The molecule has 0 saturated carbocycles. The molecule has 4 aromatic carbocycles. The molecule has 0 unspecified atom stereocenters. The molecule has 1 N–H and O–H groups in total. The summed E-state index contributed by atoms with van der Waals surface area (Å²) in [6.07, 6.45) is 0. The fourth-order valence-electron chi connectivity index (χ4n) is 4.14. The van der Waals surface area contributed by atoms with Gasteiger partial charge < -0.3 is 9.40 Å². The second-order valence-corrected chi connectivity index (χ2v) is 7.65. The number of para-hydroxylation sites is 3. The van der Waals surface area contributed by atoms with Crippen molar-refractivity contribution in [2.24, 2.45) is 0 Å². The summed E-state index contributed by atoms with van der Waals surface area (Å²) in [6, 6.07) is 27.3. The predicted octanol–water partition coefficient (Wildman–Crippen LogP) is 7.65. The van der Waals surface area contributed by atoms with Crippen LogP contribution in [-0.2, 0) is 0 Å². The Hall–Kier alpha value is -3.04. The van der Waals surface area contributed by atoms with Crippen LogP contribution in [0.4, 0.5) is 0 Å². The van der Waals surface area contributed by atoms with Crippen LogP contribution >= 0.6 is 15.9 Å². The summed E-state index contributed by atoms with van der Waals surface area (Å²) in [4.78, 5) is 3.63. The van der Waals surface area contributed by atoms with Crippen molar-refractivity contribution in [3.8, 4) is 11.1 Å². The van der Waals surface area contributed by atoms with Gasteiger partial charge in [-0.1, -0.05) is 70.5 Å². The van der Waals surface area contributed by atoms with Gasteiger partial charge in [0.1, 0.15) is 11.2 Å². The van der Waals surface area contributed by atoms with E-state index < -0.39 is 0 Å². The van der Waals surface area contributed by atoms with Gasteiger partial charge in [-0.05, 0) is 24.3 Å². The average Bonchev–Trinajstić information content (AvgIpc) is 3.26. The molecule has 0 fully saturated rings. The number of H-pyrrole nitrogens is 1. The van der Waals surface area contributed by atoms with Crippen LogP contribution in [0.15, 0.2) is 87.8 Å². The van der Waals surface area contributed by atoms with Gasteiger partial charge in [0.2, 0.25) is 0 Å². The number of rotatable bonds is 1.